The van der Waals surface area contributed by atoms with Crippen molar-refractivity contribution < 1.29 is 50.9 Å². The number of aliphatic carboxylic acids is 2. The maximum atomic E-state index is 10.6. The highest BCUT2D eigenvalue weighted by Crippen LogP contribution is 2.36. The molecule has 3 heterocycles. The third kappa shape index (κ3) is 9.14. The second-order valence-corrected chi connectivity index (χ2v) is 8.69. The van der Waals surface area contributed by atoms with Crippen LogP contribution in [0.25, 0.3) is 0 Å². The van der Waals surface area contributed by atoms with Crippen molar-refractivity contribution in [3.05, 3.63) is 41.1 Å². The molecule has 0 amide bonds. The molecule has 4 rings (SSSR count). The van der Waals surface area contributed by atoms with E-state index in [1.54, 1.807) is 0 Å². The third-order valence-corrected chi connectivity index (χ3v) is 6.12. The Morgan fingerprint density at radius 3 is 2.23 bits per heavy atom. The number of alkyl halides is 6. The predicted octanol–water partition coefficient (Wildman–Crippen LogP) is 3.89. The fraction of sp³-hybridized carbons (Fsp3) is 0.550. The number of hydrogen-bond donors (Lipinski definition) is 2. The molecule has 3 unspecified atom stereocenters. The lowest BCUT2D eigenvalue weighted by Gasteiger charge is -2.39. The molecule has 2 aliphatic rings. The Morgan fingerprint density at radius 2 is 1.74 bits per heavy atom. The first-order valence-corrected chi connectivity index (χ1v) is 11.1. The summed E-state index contributed by atoms with van der Waals surface area (Å²) in [4.78, 5) is 26.0. The van der Waals surface area contributed by atoms with Crippen molar-refractivity contribution in [1.82, 2.24) is 14.5 Å². The zero-order valence-electron chi connectivity index (χ0n) is 18.1. The summed E-state index contributed by atoms with van der Waals surface area (Å²) >= 11 is 1.86. The average Bonchev–Trinajstić information content (AvgIpc) is 3.51. The van der Waals surface area contributed by atoms with Gasteiger partial charge in [0, 0.05) is 48.9 Å². The van der Waals surface area contributed by atoms with E-state index >= 15 is 0 Å². The molecular weight excluding hydrogens is 508 g/mol. The molecule has 0 radical (unpaired) electrons. The Hall–Kier alpha value is -2.65. The van der Waals surface area contributed by atoms with Gasteiger partial charge in [-0.15, -0.1) is 11.3 Å². The molecule has 2 aromatic rings. The number of carbonyl (C=O) groups is 2. The van der Waals surface area contributed by atoms with E-state index in [2.05, 4.69) is 38.2 Å². The lowest BCUT2D eigenvalue weighted by Crippen LogP contribution is -2.50. The number of halogens is 6. The highest BCUT2D eigenvalue weighted by Gasteiger charge is 2.42. The largest absolute Gasteiger partial charge is 0.490 e. The number of imidazole rings is 1. The Labute approximate surface area is 199 Å². The number of fused-ring (bicyclic) bond motifs is 1. The standard InChI is InChI=1S/C16H21N3OS.2C2HF3O2/c1-2-14(21-9-1)11-19-7-8-20-16-13(3-4-15(16)19)10-18-6-5-17-12-18;2*3-2(4,5)1(6)7/h1-2,5-6,9,12-13,15-16H,3-4,7-8,10-11H2;2*(H,6,7). The van der Waals surface area contributed by atoms with Crippen LogP contribution in [-0.2, 0) is 27.4 Å². The van der Waals surface area contributed by atoms with Crippen LogP contribution in [0.3, 0.4) is 0 Å². The van der Waals surface area contributed by atoms with Crippen LogP contribution < -0.4 is 0 Å². The summed E-state index contributed by atoms with van der Waals surface area (Å²) in [6.07, 6.45) is -1.43. The lowest BCUT2D eigenvalue weighted by atomic mass is 10.0. The normalized spacial score (nSPS) is 22.3. The Bertz CT molecular complexity index is 897. The van der Waals surface area contributed by atoms with Crippen molar-refractivity contribution in [2.75, 3.05) is 13.2 Å². The number of thiophene rings is 1. The number of morpholine rings is 1. The maximum absolute atomic E-state index is 10.6. The van der Waals surface area contributed by atoms with Gasteiger partial charge in [-0.3, -0.25) is 4.90 Å². The van der Waals surface area contributed by atoms with Crippen LogP contribution in [0.4, 0.5) is 26.3 Å². The lowest BCUT2D eigenvalue weighted by molar-refractivity contribution is -0.193. The van der Waals surface area contributed by atoms with Crippen LogP contribution in [0, 0.1) is 5.92 Å². The Kier molecular flexibility index (Phi) is 10.1. The topological polar surface area (TPSA) is 105 Å². The van der Waals surface area contributed by atoms with Crippen molar-refractivity contribution in [3.8, 4) is 0 Å². The first-order valence-electron chi connectivity index (χ1n) is 10.2. The van der Waals surface area contributed by atoms with Gasteiger partial charge in [0.15, 0.2) is 0 Å². The summed E-state index contributed by atoms with van der Waals surface area (Å²) in [5, 5.41) is 16.4. The minimum absolute atomic E-state index is 0.390. The molecule has 0 bridgehead atoms. The van der Waals surface area contributed by atoms with Crippen LogP contribution in [0.2, 0.25) is 0 Å². The molecule has 8 nitrogen and oxygen atoms in total. The van der Waals surface area contributed by atoms with E-state index in [1.165, 1.54) is 17.7 Å². The van der Waals surface area contributed by atoms with Crippen molar-refractivity contribution in [2.45, 2.75) is 50.4 Å². The highest BCUT2D eigenvalue weighted by molar-refractivity contribution is 7.09. The summed E-state index contributed by atoms with van der Waals surface area (Å²) < 4.78 is 71.8. The third-order valence-electron chi connectivity index (χ3n) is 5.26. The van der Waals surface area contributed by atoms with Crippen molar-refractivity contribution in [2.24, 2.45) is 5.92 Å². The molecule has 1 aliphatic heterocycles. The summed E-state index contributed by atoms with van der Waals surface area (Å²) in [6.45, 7) is 4.05. The first kappa shape index (κ1) is 28.6. The smallest absolute Gasteiger partial charge is 0.475 e. The molecule has 1 aliphatic carbocycles. The second kappa shape index (κ2) is 12.4. The van der Waals surface area contributed by atoms with Crippen molar-refractivity contribution in [3.63, 3.8) is 0 Å². The van der Waals surface area contributed by atoms with Gasteiger partial charge in [0.25, 0.3) is 0 Å². The summed E-state index contributed by atoms with van der Waals surface area (Å²) in [6, 6.07) is 4.98. The molecule has 1 saturated heterocycles. The number of ether oxygens (including phenoxy) is 1. The van der Waals surface area contributed by atoms with Crippen LogP contribution in [0.5, 0.6) is 0 Å². The van der Waals surface area contributed by atoms with Gasteiger partial charge in [0.1, 0.15) is 0 Å². The average molecular weight is 531 g/mol. The van der Waals surface area contributed by atoms with Gasteiger partial charge < -0.3 is 19.5 Å². The van der Waals surface area contributed by atoms with Crippen LogP contribution >= 0.6 is 11.3 Å². The summed E-state index contributed by atoms with van der Waals surface area (Å²) in [5.74, 6) is -4.89. The molecule has 15 heteroatoms. The van der Waals surface area contributed by atoms with Gasteiger partial charge in [-0.05, 0) is 24.3 Å². The van der Waals surface area contributed by atoms with Gasteiger partial charge in [0.2, 0.25) is 0 Å². The fourth-order valence-electron chi connectivity index (χ4n) is 3.80. The molecule has 196 valence electrons. The molecule has 35 heavy (non-hydrogen) atoms. The van der Waals surface area contributed by atoms with E-state index in [9.17, 15) is 26.3 Å². The molecule has 2 fully saturated rings. The fourth-order valence-corrected chi connectivity index (χ4v) is 4.53. The van der Waals surface area contributed by atoms with Crippen LogP contribution in [0.15, 0.2) is 36.2 Å². The quantitative estimate of drug-likeness (QED) is 0.577. The van der Waals surface area contributed by atoms with Crippen LogP contribution in [-0.4, -0.2) is 74.3 Å². The number of carboxylic acid groups (broad SMARTS) is 2. The van der Waals surface area contributed by atoms with Crippen LogP contribution in [0.1, 0.15) is 17.7 Å². The molecule has 1 saturated carbocycles. The van der Waals surface area contributed by atoms with Crippen molar-refractivity contribution >= 4 is 23.3 Å². The van der Waals surface area contributed by atoms with Crippen molar-refractivity contribution in [1.29, 1.82) is 0 Å². The van der Waals surface area contributed by atoms with E-state index in [1.807, 2.05) is 23.9 Å². The highest BCUT2D eigenvalue weighted by atomic mass is 32.1. The van der Waals surface area contributed by atoms with E-state index in [0.717, 1.165) is 26.2 Å². The molecule has 2 aromatic heterocycles. The van der Waals surface area contributed by atoms with E-state index in [4.69, 9.17) is 24.5 Å². The summed E-state index contributed by atoms with van der Waals surface area (Å²) in [5.41, 5.74) is 0. The predicted molar refractivity (Wildman–Crippen MR) is 111 cm³/mol. The number of carboxylic acids is 2. The molecule has 3 atom stereocenters. The van der Waals surface area contributed by atoms with Gasteiger partial charge in [-0.2, -0.15) is 26.3 Å². The van der Waals surface area contributed by atoms with E-state index < -0.39 is 24.3 Å². The number of hydrogen-bond acceptors (Lipinski definition) is 6. The zero-order chi connectivity index (χ0) is 26.2. The Morgan fingerprint density at radius 1 is 1.11 bits per heavy atom. The number of rotatable bonds is 4. The molecule has 0 aromatic carbocycles. The number of nitrogens with zero attached hydrogens (tertiary/aromatic N) is 3. The molecule has 2 N–H and O–H groups in total. The van der Waals surface area contributed by atoms with Gasteiger partial charge in [-0.1, -0.05) is 6.07 Å². The minimum Gasteiger partial charge on any atom is -0.475 e. The van der Waals surface area contributed by atoms with Gasteiger partial charge in [-0.25, -0.2) is 14.6 Å². The monoisotopic (exact) mass is 531 g/mol. The minimum atomic E-state index is -5.08. The second-order valence-electron chi connectivity index (χ2n) is 7.66. The van der Waals surface area contributed by atoms with E-state index in [-0.39, 0.29) is 0 Å². The number of aromatic nitrogens is 2. The molecular formula is C20H23F6N3O5S. The van der Waals surface area contributed by atoms with Gasteiger partial charge >= 0.3 is 24.3 Å². The maximum Gasteiger partial charge on any atom is 0.490 e. The van der Waals surface area contributed by atoms with Gasteiger partial charge in [0.05, 0.1) is 19.0 Å². The zero-order valence-corrected chi connectivity index (χ0v) is 18.9. The summed E-state index contributed by atoms with van der Waals surface area (Å²) in [7, 11) is 0. The Balaban J connectivity index is 0.000000257. The molecule has 0 spiro atoms. The SMILES string of the molecule is O=C(O)C(F)(F)F.O=C(O)C(F)(F)F.c1csc(CN2CCOC3C(Cn4ccnc4)CCC32)c1. The first-order chi connectivity index (χ1) is 16.3. The van der Waals surface area contributed by atoms with E-state index in [0.29, 0.717) is 18.1 Å².